The summed E-state index contributed by atoms with van der Waals surface area (Å²) in [6, 6.07) is 8.90. The van der Waals surface area contributed by atoms with Crippen molar-refractivity contribution in [1.29, 1.82) is 0 Å². The van der Waals surface area contributed by atoms with Crippen molar-refractivity contribution in [3.8, 4) is 0 Å². The first kappa shape index (κ1) is 47.3. The molecule has 3 fully saturated rings. The van der Waals surface area contributed by atoms with Gasteiger partial charge in [0.1, 0.15) is 12.5 Å². The van der Waals surface area contributed by atoms with Crippen molar-refractivity contribution in [1.82, 2.24) is 10.6 Å². The molecule has 3 aliphatic carbocycles. The number of fused-ring (bicyclic) bond motifs is 2. The second-order valence-corrected chi connectivity index (χ2v) is 18.5. The third-order valence-corrected chi connectivity index (χ3v) is 15.1. The summed E-state index contributed by atoms with van der Waals surface area (Å²) < 4.78 is 5.64. The molecule has 8 atom stereocenters. The number of ether oxygens (including phenoxy) is 1. The lowest BCUT2D eigenvalue weighted by Crippen LogP contribution is -2.61. The Morgan fingerprint density at radius 3 is 2.54 bits per heavy atom. The minimum absolute atomic E-state index is 0.0137. The molecule has 0 radical (unpaired) electrons. The van der Waals surface area contributed by atoms with Crippen molar-refractivity contribution < 1.29 is 35.1 Å². The van der Waals surface area contributed by atoms with Gasteiger partial charge in [0, 0.05) is 37.2 Å². The van der Waals surface area contributed by atoms with Crippen LogP contribution in [0.25, 0.3) is 0 Å². The van der Waals surface area contributed by atoms with Crippen molar-refractivity contribution >= 4 is 6.29 Å². The first-order chi connectivity index (χ1) is 28.4. The second-order valence-electron chi connectivity index (χ2n) is 18.5. The zero-order chi connectivity index (χ0) is 42.6. The number of carbonyl (C=O) groups excluding carboxylic acids is 1. The van der Waals surface area contributed by atoms with E-state index >= 15 is 0 Å². The molecular weight excluding hydrogens is 741 g/mol. The predicted molar refractivity (Wildman–Crippen MR) is 237 cm³/mol. The lowest BCUT2D eigenvalue weighted by molar-refractivity contribution is -0.180. The van der Waals surface area contributed by atoms with Crippen molar-refractivity contribution in [2.45, 2.75) is 140 Å². The average molecular weight is 817 g/mol. The Morgan fingerprint density at radius 1 is 1.08 bits per heavy atom. The standard InChI is InChI=1S/C50H76N2O7/c1-35(40-20-19-36(2)47(57)52-48(26-29-59-5,42-16-7-6-8-17-42)32-39-14-10-13-38(30-39)31-40)12-9-15-41(34-55)44-22-24-50(46(44)56)45(18-11-28-53)43(37(3)33-54)21-23-49(50,58)25-27-51-4/h9-10,12-15,19,30,33,40,42,44-47,51-53,55-58H,1,6-8,11,16-18,20-29,31-32,34H2,2-5H3/b12-9+,36-19+,41-15-,43-37-/t40-,44-,45-,46+,47+,48-,49-,50+/m0/s1. The Hall–Kier alpha value is -2.73. The summed E-state index contributed by atoms with van der Waals surface area (Å²) >= 11 is 0. The third-order valence-electron chi connectivity index (χ3n) is 15.1. The smallest absolute Gasteiger partial charge is 0.145 e. The van der Waals surface area contributed by atoms with E-state index in [0.29, 0.717) is 81.6 Å². The van der Waals surface area contributed by atoms with Crippen LogP contribution in [-0.4, -0.2) is 95.8 Å². The molecule has 1 spiro atoms. The molecule has 4 aliphatic rings. The van der Waals surface area contributed by atoms with Crippen LogP contribution in [0.15, 0.2) is 83.0 Å². The van der Waals surface area contributed by atoms with Crippen LogP contribution in [0, 0.1) is 29.1 Å². The van der Waals surface area contributed by atoms with Gasteiger partial charge in [0.25, 0.3) is 0 Å². The maximum absolute atomic E-state index is 12.5. The largest absolute Gasteiger partial charge is 0.396 e. The molecule has 1 aromatic rings. The number of rotatable bonds is 16. The monoisotopic (exact) mass is 817 g/mol. The van der Waals surface area contributed by atoms with E-state index in [4.69, 9.17) is 4.74 Å². The molecule has 328 valence electrons. The molecule has 0 unspecified atom stereocenters. The van der Waals surface area contributed by atoms with Crippen LogP contribution in [0.5, 0.6) is 0 Å². The topological polar surface area (TPSA) is 152 Å². The number of aldehydes is 1. The van der Waals surface area contributed by atoms with Crippen LogP contribution in [-0.2, 0) is 22.4 Å². The van der Waals surface area contributed by atoms with Gasteiger partial charge in [0.05, 0.1) is 18.3 Å². The summed E-state index contributed by atoms with van der Waals surface area (Å²) in [5.41, 5.74) is 4.24. The van der Waals surface area contributed by atoms with Crippen LogP contribution >= 0.6 is 0 Å². The highest BCUT2D eigenvalue weighted by atomic mass is 16.5. The van der Waals surface area contributed by atoms with E-state index in [1.165, 1.54) is 30.4 Å². The minimum Gasteiger partial charge on any atom is -0.396 e. The van der Waals surface area contributed by atoms with E-state index in [0.717, 1.165) is 55.1 Å². The second kappa shape index (κ2) is 21.9. The first-order valence-corrected chi connectivity index (χ1v) is 22.6. The molecule has 0 amide bonds. The molecule has 9 heteroatoms. The molecule has 59 heavy (non-hydrogen) atoms. The van der Waals surface area contributed by atoms with E-state index in [2.05, 4.69) is 47.6 Å². The van der Waals surface area contributed by atoms with Crippen LogP contribution in [0.1, 0.15) is 115 Å². The molecule has 5 rings (SSSR count). The van der Waals surface area contributed by atoms with E-state index in [1.54, 1.807) is 7.11 Å². The van der Waals surface area contributed by atoms with Crippen molar-refractivity contribution in [3.63, 3.8) is 0 Å². The summed E-state index contributed by atoms with van der Waals surface area (Å²) in [6.07, 6.45) is 19.9. The van der Waals surface area contributed by atoms with Gasteiger partial charge in [-0.3, -0.25) is 10.1 Å². The third kappa shape index (κ3) is 10.7. The maximum atomic E-state index is 12.5. The Kier molecular flexibility index (Phi) is 17.5. The fourth-order valence-electron chi connectivity index (χ4n) is 11.7. The number of aliphatic hydroxyl groups excluding tert-OH is 4. The van der Waals surface area contributed by atoms with Gasteiger partial charge in [-0.2, -0.15) is 0 Å². The van der Waals surface area contributed by atoms with E-state index in [1.807, 2.05) is 39.1 Å². The summed E-state index contributed by atoms with van der Waals surface area (Å²) in [5.74, 6) is -0.148. The van der Waals surface area contributed by atoms with Gasteiger partial charge < -0.3 is 35.6 Å². The van der Waals surface area contributed by atoms with Gasteiger partial charge in [-0.05, 0) is 157 Å². The van der Waals surface area contributed by atoms with Gasteiger partial charge in [0.2, 0.25) is 0 Å². The Morgan fingerprint density at radius 2 is 1.85 bits per heavy atom. The molecule has 0 saturated heterocycles. The average Bonchev–Trinajstić information content (AvgIpc) is 3.59. The fourth-order valence-corrected chi connectivity index (χ4v) is 11.7. The molecule has 0 aromatic heterocycles. The Balaban J connectivity index is 1.41. The number of aliphatic hydroxyl groups is 5. The molecule has 7 N–H and O–H groups in total. The molecule has 3 saturated carbocycles. The molecule has 2 bridgehead atoms. The summed E-state index contributed by atoms with van der Waals surface area (Å²) in [6.45, 7) is 9.31. The van der Waals surface area contributed by atoms with Gasteiger partial charge in [-0.15, -0.1) is 0 Å². The highest BCUT2D eigenvalue weighted by Crippen LogP contribution is 2.64. The lowest BCUT2D eigenvalue weighted by atomic mass is 9.51. The summed E-state index contributed by atoms with van der Waals surface area (Å²) in [5, 5.41) is 64.4. The number of methoxy groups -OCH3 is 1. The predicted octanol–water partition coefficient (Wildman–Crippen LogP) is 6.83. The zero-order valence-corrected chi connectivity index (χ0v) is 36.6. The highest BCUT2D eigenvalue weighted by Gasteiger charge is 2.65. The van der Waals surface area contributed by atoms with Gasteiger partial charge >= 0.3 is 0 Å². The zero-order valence-electron chi connectivity index (χ0n) is 36.6. The SMILES string of the molecule is C=C(/C=C/C=C(/CO)[C@@H]1CC[C@]2([C@@H]1O)[C@@H](CCCO)/C(=C(/C)C=O)CC[C@]2(O)CCNC)[C@H]1C/C=C(\C)[C@@H](O)N[C@](CCOC)(C2CCCCC2)Cc2cccc(c2)C1. The summed E-state index contributed by atoms with van der Waals surface area (Å²) in [4.78, 5) is 12.1. The number of carbonyl (C=O) groups is 1. The number of hydrogen-bond donors (Lipinski definition) is 7. The van der Waals surface area contributed by atoms with Crippen LogP contribution < -0.4 is 10.6 Å². The van der Waals surface area contributed by atoms with Crippen LogP contribution in [0.3, 0.4) is 0 Å². The number of allylic oxidation sites excluding steroid dienone is 7. The van der Waals surface area contributed by atoms with E-state index in [-0.39, 0.29) is 36.5 Å². The normalized spacial score (nSPS) is 34.3. The van der Waals surface area contributed by atoms with Gasteiger partial charge in [-0.1, -0.05) is 85.6 Å². The first-order valence-electron chi connectivity index (χ1n) is 22.6. The number of benzene rings is 1. The van der Waals surface area contributed by atoms with Crippen molar-refractivity contribution in [3.05, 3.63) is 94.1 Å². The van der Waals surface area contributed by atoms with Crippen LogP contribution in [0.2, 0.25) is 0 Å². The molecule has 1 heterocycles. The molecule has 1 aromatic carbocycles. The lowest BCUT2D eigenvalue weighted by Gasteiger charge is -2.57. The molecule has 1 aliphatic heterocycles. The number of nitrogens with one attached hydrogen (secondary N) is 2. The minimum atomic E-state index is -1.19. The molecule has 9 nitrogen and oxygen atoms in total. The van der Waals surface area contributed by atoms with Gasteiger partial charge in [0.15, 0.2) is 0 Å². The van der Waals surface area contributed by atoms with Crippen LogP contribution in [0.4, 0.5) is 0 Å². The Labute approximate surface area is 354 Å². The molecular formula is C50H76N2O7. The maximum Gasteiger partial charge on any atom is 0.145 e. The summed E-state index contributed by atoms with van der Waals surface area (Å²) in [7, 11) is 3.61. The highest BCUT2D eigenvalue weighted by molar-refractivity contribution is 5.74. The van der Waals surface area contributed by atoms with E-state index < -0.39 is 23.3 Å². The van der Waals surface area contributed by atoms with Crippen molar-refractivity contribution in [2.75, 3.05) is 40.5 Å². The van der Waals surface area contributed by atoms with Gasteiger partial charge in [-0.25, -0.2) is 0 Å². The Bertz CT molecular complexity index is 1680. The van der Waals surface area contributed by atoms with Crippen molar-refractivity contribution in [2.24, 2.45) is 29.1 Å². The fraction of sp³-hybridized carbons (Fsp3) is 0.660. The quantitative estimate of drug-likeness (QED) is 0.0413. The van der Waals surface area contributed by atoms with E-state index in [9.17, 15) is 30.3 Å². The number of hydrogen-bond acceptors (Lipinski definition) is 9.